The Morgan fingerprint density at radius 3 is 1.88 bits per heavy atom. The second-order valence-corrected chi connectivity index (χ2v) is 34.6. The molecule has 0 aromatic heterocycles. The van der Waals surface area contributed by atoms with Gasteiger partial charge in [0.2, 0.25) is 0 Å². The first-order valence-electron chi connectivity index (χ1n) is 20.1. The average Bonchev–Trinajstić information content (AvgIpc) is 3.71. The molecule has 0 saturated carbocycles. The zero-order chi connectivity index (χ0) is 39.9. The van der Waals surface area contributed by atoms with Crippen LogP contribution in [0, 0.1) is 11.8 Å². The van der Waals surface area contributed by atoms with Crippen molar-refractivity contribution in [1.29, 1.82) is 0 Å². The lowest BCUT2D eigenvalue weighted by molar-refractivity contribution is -0.156. The van der Waals surface area contributed by atoms with E-state index in [-0.39, 0.29) is 63.4 Å². The minimum atomic E-state index is -2.20. The van der Waals surface area contributed by atoms with Gasteiger partial charge in [0.15, 0.2) is 25.0 Å². The molecule has 300 valence electrons. The fraction of sp³-hybridized carbons (Fsp3) is 0.791. The molecule has 0 amide bonds. The summed E-state index contributed by atoms with van der Waals surface area (Å²) in [5.74, 6) is 0.208. The maximum atomic E-state index is 13.7. The molecule has 9 heteroatoms. The SMILES string of the molecule is C/C=C/C/C=C/[C@H](C)C[C@H](O[Si](C)(C)C(C)(C)C)[C@@H]1C[C@@H]2O[C@H]2/C=C/[C@H](O[Si](C)(C)C(C)(C)C)[C@@H](O[Si](C)(C)C(C)(C)C)/C=C/C[C@H](C)CC(=O)O1. The molecule has 2 rings (SSSR count). The van der Waals surface area contributed by atoms with Crippen molar-refractivity contribution in [2.24, 2.45) is 11.8 Å². The quantitative estimate of drug-likeness (QED) is 0.0851. The maximum absolute atomic E-state index is 13.7. The van der Waals surface area contributed by atoms with E-state index in [1.807, 2.05) is 6.92 Å². The smallest absolute Gasteiger partial charge is 0.306 e. The summed E-state index contributed by atoms with van der Waals surface area (Å²) in [6.07, 6.45) is 19.6. The summed E-state index contributed by atoms with van der Waals surface area (Å²) in [5, 5.41) is 0.104. The summed E-state index contributed by atoms with van der Waals surface area (Å²) in [7, 11) is -6.54. The lowest BCUT2D eigenvalue weighted by atomic mass is 9.96. The molecule has 0 radical (unpaired) electrons. The zero-order valence-electron chi connectivity index (χ0n) is 36.7. The molecule has 1 saturated heterocycles. The Morgan fingerprint density at radius 1 is 0.827 bits per heavy atom. The highest BCUT2D eigenvalue weighted by Gasteiger charge is 2.47. The first-order valence-corrected chi connectivity index (χ1v) is 28.8. The van der Waals surface area contributed by atoms with Crippen molar-refractivity contribution in [1.82, 2.24) is 0 Å². The Morgan fingerprint density at radius 2 is 1.37 bits per heavy atom. The van der Waals surface area contributed by atoms with E-state index >= 15 is 0 Å². The third-order valence-electron chi connectivity index (χ3n) is 12.3. The topological polar surface area (TPSA) is 66.5 Å². The van der Waals surface area contributed by atoms with Crippen molar-refractivity contribution >= 4 is 30.9 Å². The van der Waals surface area contributed by atoms with Gasteiger partial charge in [-0.1, -0.05) is 125 Å². The molecule has 52 heavy (non-hydrogen) atoms. The van der Waals surface area contributed by atoms with E-state index in [2.05, 4.69) is 164 Å². The number of fused-ring (bicyclic) bond motifs is 1. The molecule has 0 aliphatic carbocycles. The van der Waals surface area contributed by atoms with Gasteiger partial charge in [-0.15, -0.1) is 0 Å². The fourth-order valence-electron chi connectivity index (χ4n) is 5.54. The number of carbonyl (C=O) groups is 1. The number of cyclic esters (lactones) is 1. The summed E-state index contributed by atoms with van der Waals surface area (Å²) in [6.45, 7) is 40.8. The third kappa shape index (κ3) is 14.5. The highest BCUT2D eigenvalue weighted by molar-refractivity contribution is 6.75. The van der Waals surface area contributed by atoms with E-state index in [1.54, 1.807) is 0 Å². The first-order chi connectivity index (χ1) is 23.6. The molecule has 6 nitrogen and oxygen atoms in total. The maximum Gasteiger partial charge on any atom is 0.306 e. The number of carbonyl (C=O) groups excluding carboxylic acids is 1. The van der Waals surface area contributed by atoms with E-state index in [4.69, 9.17) is 22.8 Å². The molecular weight excluding hydrogens is 697 g/mol. The Kier molecular flexibility index (Phi) is 16.9. The Balaban J connectivity index is 2.58. The van der Waals surface area contributed by atoms with Gasteiger partial charge in [0, 0.05) is 12.8 Å². The van der Waals surface area contributed by atoms with Crippen LogP contribution < -0.4 is 0 Å². The number of hydrogen-bond donors (Lipinski definition) is 0. The van der Waals surface area contributed by atoms with Crippen LogP contribution in [-0.2, 0) is 27.5 Å². The van der Waals surface area contributed by atoms with Crippen LogP contribution in [0.4, 0.5) is 0 Å². The van der Waals surface area contributed by atoms with Crippen LogP contribution >= 0.6 is 0 Å². The minimum Gasteiger partial charge on any atom is -0.460 e. The molecule has 0 aromatic carbocycles. The van der Waals surface area contributed by atoms with E-state index in [0.717, 1.165) is 19.3 Å². The highest BCUT2D eigenvalue weighted by Crippen LogP contribution is 2.43. The van der Waals surface area contributed by atoms with Crippen LogP contribution in [0.5, 0.6) is 0 Å². The lowest BCUT2D eigenvalue weighted by Crippen LogP contribution is -2.51. The van der Waals surface area contributed by atoms with Gasteiger partial charge >= 0.3 is 5.97 Å². The zero-order valence-corrected chi connectivity index (χ0v) is 39.7. The third-order valence-corrected chi connectivity index (χ3v) is 25.7. The van der Waals surface area contributed by atoms with Gasteiger partial charge < -0.3 is 22.8 Å². The fourth-order valence-corrected chi connectivity index (χ4v) is 9.39. The molecule has 2 heterocycles. The predicted octanol–water partition coefficient (Wildman–Crippen LogP) is 12.3. The Labute approximate surface area is 324 Å². The Bertz CT molecular complexity index is 1250. The van der Waals surface area contributed by atoms with E-state index in [9.17, 15) is 4.79 Å². The number of epoxide rings is 1. The van der Waals surface area contributed by atoms with Crippen LogP contribution in [-0.4, -0.2) is 67.5 Å². The van der Waals surface area contributed by atoms with Gasteiger partial charge in [-0.05, 0) is 92.4 Å². The molecule has 8 atom stereocenters. The van der Waals surface area contributed by atoms with Crippen molar-refractivity contribution in [3.63, 3.8) is 0 Å². The van der Waals surface area contributed by atoms with Crippen LogP contribution in [0.25, 0.3) is 0 Å². The predicted molar refractivity (Wildman–Crippen MR) is 228 cm³/mol. The van der Waals surface area contributed by atoms with Crippen molar-refractivity contribution in [2.75, 3.05) is 0 Å². The van der Waals surface area contributed by atoms with E-state index in [1.165, 1.54) is 0 Å². The number of ether oxygens (including phenoxy) is 2. The molecule has 0 unspecified atom stereocenters. The van der Waals surface area contributed by atoms with Gasteiger partial charge in [0.05, 0.1) is 24.4 Å². The largest absolute Gasteiger partial charge is 0.460 e. The van der Waals surface area contributed by atoms with Gasteiger partial charge in [-0.3, -0.25) is 4.79 Å². The molecule has 1 fully saturated rings. The second kappa shape index (κ2) is 18.7. The van der Waals surface area contributed by atoms with Gasteiger partial charge in [0.25, 0.3) is 0 Å². The average molecular weight is 777 g/mol. The lowest BCUT2D eigenvalue weighted by Gasteiger charge is -2.44. The molecular formula is C43H80O6Si3. The molecule has 0 spiro atoms. The van der Waals surface area contributed by atoms with Crippen LogP contribution in [0.1, 0.15) is 115 Å². The molecule has 2 aliphatic rings. The van der Waals surface area contributed by atoms with Crippen molar-refractivity contribution in [3.05, 3.63) is 48.6 Å². The number of allylic oxidation sites excluding steroid dienone is 5. The second-order valence-electron chi connectivity index (χ2n) is 20.3. The van der Waals surface area contributed by atoms with Gasteiger partial charge in [-0.2, -0.15) is 0 Å². The minimum absolute atomic E-state index is 0.0183. The first kappa shape index (κ1) is 47.1. The van der Waals surface area contributed by atoms with Crippen LogP contribution in [0.3, 0.4) is 0 Å². The monoisotopic (exact) mass is 777 g/mol. The van der Waals surface area contributed by atoms with Crippen LogP contribution in [0.2, 0.25) is 54.4 Å². The Hall–Kier alpha value is -1.08. The number of esters is 1. The molecule has 2 aliphatic heterocycles. The summed E-state index contributed by atoms with van der Waals surface area (Å²) < 4.78 is 34.3. The van der Waals surface area contributed by atoms with Crippen molar-refractivity contribution in [2.45, 2.75) is 206 Å². The summed E-state index contributed by atoms with van der Waals surface area (Å²) in [4.78, 5) is 13.7. The number of hydrogen-bond acceptors (Lipinski definition) is 6. The van der Waals surface area contributed by atoms with Crippen molar-refractivity contribution < 1.29 is 27.5 Å². The normalized spacial score (nSPS) is 28.8. The van der Waals surface area contributed by atoms with E-state index < -0.39 is 31.1 Å². The standard InChI is InChI=1S/C43H80O6Si3/c1-19-20-21-22-24-32(2)29-39(49-52(17,18)43(10,11)12)38-31-37-34(45-37)27-28-36(48-51(15,16)42(7,8)9)35(47-50(13,14)41(4,5)6)26-23-25-33(3)30-40(44)46-38/h19-20,22-24,26-28,32-39H,21,25,29-31H2,1-18H3/b20-19+,24-22+,26-23+,28-27+/t32-,33-,34-,35-,36-,37-,38-,39-/m0/s1. The molecule has 0 aromatic rings. The highest BCUT2D eigenvalue weighted by atomic mass is 28.4. The molecule has 0 bridgehead atoms. The van der Waals surface area contributed by atoms with Crippen molar-refractivity contribution in [3.8, 4) is 0 Å². The van der Waals surface area contributed by atoms with E-state index in [0.29, 0.717) is 12.8 Å². The number of rotatable bonds is 12. The van der Waals surface area contributed by atoms with Gasteiger partial charge in [0.1, 0.15) is 12.2 Å². The van der Waals surface area contributed by atoms with Crippen LogP contribution in [0.15, 0.2) is 48.6 Å². The van der Waals surface area contributed by atoms with Gasteiger partial charge in [-0.25, -0.2) is 0 Å². The summed E-state index contributed by atoms with van der Waals surface area (Å²) >= 11 is 0. The summed E-state index contributed by atoms with van der Waals surface area (Å²) in [6, 6.07) is 0. The summed E-state index contributed by atoms with van der Waals surface area (Å²) in [5.41, 5.74) is 0. The molecule has 0 N–H and O–H groups in total.